The van der Waals surface area contributed by atoms with Crippen molar-refractivity contribution in [3.8, 4) is 11.5 Å². The van der Waals surface area contributed by atoms with Crippen LogP contribution in [-0.4, -0.2) is 48.7 Å². The number of rotatable bonds is 9. The summed E-state index contributed by atoms with van der Waals surface area (Å²) in [5, 5.41) is 0.428. The van der Waals surface area contributed by atoms with E-state index in [0.717, 1.165) is 10.6 Å². The van der Waals surface area contributed by atoms with E-state index in [1.54, 1.807) is 48.5 Å². The van der Waals surface area contributed by atoms with Gasteiger partial charge in [0.1, 0.15) is 11.5 Å². The molecule has 7 nitrogen and oxygen atoms in total. The van der Waals surface area contributed by atoms with Crippen molar-refractivity contribution in [3.05, 3.63) is 53.6 Å². The summed E-state index contributed by atoms with van der Waals surface area (Å²) in [6.45, 7) is 9.92. The van der Waals surface area contributed by atoms with Crippen LogP contribution in [0, 0.1) is 0 Å². The maximum atomic E-state index is 12.6. The fourth-order valence-electron chi connectivity index (χ4n) is 2.73. The van der Waals surface area contributed by atoms with E-state index in [1.165, 1.54) is 7.11 Å². The molecule has 2 aromatic carbocycles. The quantitative estimate of drug-likeness (QED) is 0.327. The second-order valence-corrected chi connectivity index (χ2v) is 16.3. The van der Waals surface area contributed by atoms with Crippen molar-refractivity contribution < 1.29 is 27.1 Å². The third-order valence-corrected chi connectivity index (χ3v) is 11.5. The van der Waals surface area contributed by atoms with Crippen LogP contribution >= 0.6 is 11.6 Å². The molecule has 10 heteroatoms. The molecule has 0 unspecified atom stereocenters. The van der Waals surface area contributed by atoms with Gasteiger partial charge in [-0.2, -0.15) is 0 Å². The lowest BCUT2D eigenvalue weighted by atomic mass is 10.2. The van der Waals surface area contributed by atoms with E-state index in [-0.39, 0.29) is 11.6 Å². The maximum Gasteiger partial charge on any atom is 0.335 e. The van der Waals surface area contributed by atoms with Crippen LogP contribution in [0.25, 0.3) is 0 Å². The van der Waals surface area contributed by atoms with Crippen molar-refractivity contribution in [1.29, 1.82) is 0 Å². The molecule has 0 aromatic heterocycles. The number of esters is 1. The highest BCUT2D eigenvalue weighted by molar-refractivity contribution is 7.92. The highest BCUT2D eigenvalue weighted by Crippen LogP contribution is 2.38. The van der Waals surface area contributed by atoms with Crippen molar-refractivity contribution in [2.75, 3.05) is 24.2 Å². The van der Waals surface area contributed by atoms with E-state index >= 15 is 0 Å². The third kappa shape index (κ3) is 7.46. The van der Waals surface area contributed by atoms with Gasteiger partial charge in [-0.25, -0.2) is 13.2 Å². The Kier molecular flexibility index (Phi) is 8.61. The van der Waals surface area contributed by atoms with E-state index < -0.39 is 30.4 Å². The molecule has 1 atom stereocenters. The zero-order valence-corrected chi connectivity index (χ0v) is 22.7. The van der Waals surface area contributed by atoms with Crippen LogP contribution in [0.15, 0.2) is 48.5 Å². The largest absolute Gasteiger partial charge is 0.467 e. The Balaban J connectivity index is 2.30. The van der Waals surface area contributed by atoms with Crippen LogP contribution in [0.2, 0.25) is 23.2 Å². The number of benzene rings is 2. The first-order valence-electron chi connectivity index (χ1n) is 10.4. The van der Waals surface area contributed by atoms with Crippen LogP contribution in [0.4, 0.5) is 5.69 Å². The van der Waals surface area contributed by atoms with Crippen LogP contribution in [-0.2, 0) is 24.0 Å². The Morgan fingerprint density at radius 2 is 1.52 bits per heavy atom. The van der Waals surface area contributed by atoms with Crippen molar-refractivity contribution >= 4 is 41.6 Å². The summed E-state index contributed by atoms with van der Waals surface area (Å²) in [6, 6.07) is 13.4. The summed E-state index contributed by atoms with van der Waals surface area (Å²) in [5.41, 5.74) is 0.383. The number of carbonyl (C=O) groups is 1. The minimum Gasteiger partial charge on any atom is -0.467 e. The number of carbonyl (C=O) groups excluding carboxylic acids is 1. The lowest BCUT2D eigenvalue weighted by Crippen LogP contribution is -2.51. The second kappa shape index (κ2) is 10.5. The molecule has 0 bridgehead atoms. The Labute approximate surface area is 202 Å². The Morgan fingerprint density at radius 1 is 1.03 bits per heavy atom. The average molecular weight is 514 g/mol. The molecule has 0 heterocycles. The fourth-order valence-corrected chi connectivity index (χ4v) is 5.00. The average Bonchev–Trinajstić information content (AvgIpc) is 2.71. The first kappa shape index (κ1) is 27.2. The SMILES string of the molecule is COC(=O)[C@H](CN(c1ccc(Oc2ccc(Cl)cc2)cc1)S(C)(=O)=O)O[Si](C)(C)C(C)(C)C. The number of hydrogen-bond acceptors (Lipinski definition) is 6. The van der Waals surface area contributed by atoms with Crippen LogP contribution in [0.5, 0.6) is 11.5 Å². The molecule has 0 amide bonds. The zero-order valence-electron chi connectivity index (χ0n) is 20.1. The molecule has 0 aliphatic carbocycles. The molecule has 2 rings (SSSR count). The van der Waals surface area contributed by atoms with Gasteiger partial charge >= 0.3 is 5.97 Å². The molecule has 0 radical (unpaired) electrons. The molecule has 0 spiro atoms. The second-order valence-electron chi connectivity index (χ2n) is 9.23. The first-order chi connectivity index (χ1) is 15.1. The van der Waals surface area contributed by atoms with Crippen molar-refractivity contribution in [3.63, 3.8) is 0 Å². The monoisotopic (exact) mass is 513 g/mol. The summed E-state index contributed by atoms with van der Waals surface area (Å²) in [7, 11) is -4.84. The minimum atomic E-state index is -3.72. The number of methoxy groups -OCH3 is 1. The van der Waals surface area contributed by atoms with Gasteiger partial charge in [-0.1, -0.05) is 32.4 Å². The first-order valence-corrected chi connectivity index (χ1v) is 15.5. The van der Waals surface area contributed by atoms with Gasteiger partial charge in [-0.05, 0) is 66.7 Å². The predicted octanol–water partition coefficient (Wildman–Crippen LogP) is 5.46. The molecule has 182 valence electrons. The lowest BCUT2D eigenvalue weighted by molar-refractivity contribution is -0.148. The molecule has 0 aliphatic heterocycles. The van der Waals surface area contributed by atoms with Gasteiger partial charge in [0.15, 0.2) is 14.4 Å². The molecule has 0 aliphatic rings. The summed E-state index contributed by atoms with van der Waals surface area (Å²) in [5.74, 6) is 0.508. The number of sulfonamides is 1. The predicted molar refractivity (Wildman–Crippen MR) is 134 cm³/mol. The van der Waals surface area contributed by atoms with Crippen LogP contribution in [0.3, 0.4) is 0 Å². The number of ether oxygens (including phenoxy) is 2. The molecule has 0 fully saturated rings. The Bertz CT molecular complexity index is 1050. The van der Waals surface area contributed by atoms with E-state index in [1.807, 2.05) is 33.9 Å². The molecule has 0 N–H and O–H groups in total. The summed E-state index contributed by atoms with van der Waals surface area (Å²) in [4.78, 5) is 12.5. The molecule has 33 heavy (non-hydrogen) atoms. The number of hydrogen-bond donors (Lipinski definition) is 0. The highest BCUT2D eigenvalue weighted by Gasteiger charge is 2.42. The van der Waals surface area contributed by atoms with Gasteiger partial charge in [0.05, 0.1) is 25.6 Å². The topological polar surface area (TPSA) is 82.1 Å². The summed E-state index contributed by atoms with van der Waals surface area (Å²) >= 11 is 5.89. The van der Waals surface area contributed by atoms with Gasteiger partial charge in [0.25, 0.3) is 0 Å². The zero-order chi connectivity index (χ0) is 25.0. The molecule has 2 aromatic rings. The molecule has 0 saturated carbocycles. The summed E-state index contributed by atoms with van der Waals surface area (Å²) < 4.78 is 43.3. The minimum absolute atomic E-state index is 0.171. The van der Waals surface area contributed by atoms with E-state index in [4.69, 9.17) is 25.5 Å². The van der Waals surface area contributed by atoms with E-state index in [2.05, 4.69) is 0 Å². The van der Waals surface area contributed by atoms with E-state index in [0.29, 0.717) is 22.2 Å². The van der Waals surface area contributed by atoms with Crippen molar-refractivity contribution in [2.24, 2.45) is 0 Å². The third-order valence-electron chi connectivity index (χ3n) is 5.61. The molecular weight excluding hydrogens is 482 g/mol. The molecule has 0 saturated heterocycles. The van der Waals surface area contributed by atoms with Crippen molar-refractivity contribution in [2.45, 2.75) is 45.0 Å². The lowest BCUT2D eigenvalue weighted by Gasteiger charge is -2.39. The summed E-state index contributed by atoms with van der Waals surface area (Å²) in [6.07, 6.45) is 0.0295. The van der Waals surface area contributed by atoms with Gasteiger partial charge < -0.3 is 13.9 Å². The maximum absolute atomic E-state index is 12.6. The van der Waals surface area contributed by atoms with Crippen molar-refractivity contribution in [1.82, 2.24) is 0 Å². The van der Waals surface area contributed by atoms with Gasteiger partial charge in [0.2, 0.25) is 10.0 Å². The Hall–Kier alpha value is -2.07. The number of nitrogens with zero attached hydrogens (tertiary/aromatic N) is 1. The molecular formula is C23H32ClNO6SSi. The normalized spacial score (nSPS) is 13.3. The standard InChI is InChI=1S/C23H32ClNO6SSi/c1-23(2,3)33(6,7)31-21(22(26)29-4)16-25(32(5,27)28)18-10-14-20(15-11-18)30-19-12-8-17(24)9-13-19/h8-15,21H,16H2,1-7H3/t21-/m0/s1. The van der Waals surface area contributed by atoms with Gasteiger partial charge in [-0.15, -0.1) is 0 Å². The van der Waals surface area contributed by atoms with Gasteiger partial charge in [-0.3, -0.25) is 4.31 Å². The fraction of sp³-hybridized carbons (Fsp3) is 0.435. The Morgan fingerprint density at radius 3 is 1.94 bits per heavy atom. The smallest absolute Gasteiger partial charge is 0.335 e. The highest BCUT2D eigenvalue weighted by atomic mass is 35.5. The van der Waals surface area contributed by atoms with Crippen LogP contribution < -0.4 is 9.04 Å². The van der Waals surface area contributed by atoms with E-state index in [9.17, 15) is 13.2 Å². The number of halogens is 1. The number of anilines is 1. The van der Waals surface area contributed by atoms with Crippen LogP contribution in [0.1, 0.15) is 20.8 Å². The van der Waals surface area contributed by atoms with Gasteiger partial charge in [0, 0.05) is 5.02 Å².